The molecule has 234 valence electrons. The third-order valence-electron chi connectivity index (χ3n) is 9.49. The van der Waals surface area contributed by atoms with Crippen LogP contribution in [0.1, 0.15) is 42.2 Å². The zero-order chi connectivity index (χ0) is 31.2. The molecule has 4 aromatic heterocycles. The van der Waals surface area contributed by atoms with E-state index in [1.54, 1.807) is 25.3 Å². The number of aromatic nitrogens is 4. The quantitative estimate of drug-likeness (QED) is 0.294. The Labute approximate surface area is 253 Å². The van der Waals surface area contributed by atoms with Gasteiger partial charge in [0, 0.05) is 42.2 Å². The smallest absolute Gasteiger partial charge is 0.329 e. The maximum Gasteiger partial charge on any atom is 0.329 e. The van der Waals surface area contributed by atoms with Crippen LogP contribution in [0.4, 0.5) is 14.6 Å². The normalized spacial score (nSPS) is 23.4. The van der Waals surface area contributed by atoms with Crippen molar-refractivity contribution >= 4 is 38.4 Å². The van der Waals surface area contributed by atoms with Crippen LogP contribution in [0.2, 0.25) is 0 Å². The number of ether oxygens (including phenoxy) is 1. The van der Waals surface area contributed by atoms with E-state index in [0.717, 1.165) is 31.2 Å². The number of rotatable bonds is 8. The van der Waals surface area contributed by atoms with E-state index >= 15 is 0 Å². The fraction of sp³-hybridized carbons (Fsp3) is 0.500. The molecule has 4 atom stereocenters. The van der Waals surface area contributed by atoms with Gasteiger partial charge in [0.1, 0.15) is 22.8 Å². The Morgan fingerprint density at radius 3 is 2.57 bits per heavy atom. The molecule has 7 rings (SSSR count). The first kappa shape index (κ1) is 29.0. The molecule has 2 N–H and O–H groups in total. The van der Waals surface area contributed by atoms with Crippen LogP contribution in [0.25, 0.3) is 28.1 Å². The first-order chi connectivity index (χ1) is 20.9. The van der Waals surface area contributed by atoms with Gasteiger partial charge in [-0.15, -0.1) is 0 Å². The molecule has 1 amide bonds. The van der Waals surface area contributed by atoms with E-state index in [2.05, 4.69) is 11.9 Å². The van der Waals surface area contributed by atoms with Crippen molar-refractivity contribution < 1.29 is 26.7 Å². The van der Waals surface area contributed by atoms with Crippen LogP contribution in [0.15, 0.2) is 30.3 Å². The van der Waals surface area contributed by atoms with Crippen LogP contribution < -0.4 is 14.8 Å². The van der Waals surface area contributed by atoms with Gasteiger partial charge in [-0.2, -0.15) is 13.1 Å². The molecule has 2 bridgehead atoms. The van der Waals surface area contributed by atoms with Crippen molar-refractivity contribution in [3.63, 3.8) is 0 Å². The van der Waals surface area contributed by atoms with Gasteiger partial charge in [-0.3, -0.25) is 9.20 Å². The van der Waals surface area contributed by atoms with Crippen molar-refractivity contribution in [1.82, 2.24) is 23.8 Å². The van der Waals surface area contributed by atoms with E-state index in [-0.39, 0.29) is 28.1 Å². The molecule has 2 saturated carbocycles. The summed E-state index contributed by atoms with van der Waals surface area (Å²) in [5, 5.41) is 0.668. The molecule has 0 spiro atoms. The Balaban J connectivity index is 1.34. The number of nitrogens with zero attached hydrogens (tertiary/aromatic N) is 6. The highest BCUT2D eigenvalue weighted by molar-refractivity contribution is 7.92. The van der Waals surface area contributed by atoms with Gasteiger partial charge in [0.15, 0.2) is 5.88 Å². The molecular formula is C30H35F2N7O4S. The van der Waals surface area contributed by atoms with E-state index in [4.69, 9.17) is 15.5 Å². The van der Waals surface area contributed by atoms with Crippen LogP contribution >= 0.6 is 0 Å². The Bertz CT molecular complexity index is 1920. The minimum absolute atomic E-state index is 0.00553. The number of halogens is 2. The number of fused-ring (bicyclic) bond motifs is 4. The summed E-state index contributed by atoms with van der Waals surface area (Å²) < 4.78 is 61.6. The zero-order valence-electron chi connectivity index (χ0n) is 24.9. The number of carbonyl (C=O) groups excluding carboxylic acids is 1. The molecule has 1 saturated heterocycles. The van der Waals surface area contributed by atoms with Crippen LogP contribution in [0.3, 0.4) is 0 Å². The Hall–Kier alpha value is -3.78. The molecule has 0 aromatic carbocycles. The molecule has 14 heteroatoms. The van der Waals surface area contributed by atoms with Crippen molar-refractivity contribution in [1.29, 1.82) is 0 Å². The second-order valence-corrected chi connectivity index (χ2v) is 14.4. The minimum atomic E-state index is -4.27. The number of aryl methyl sites for hydroxylation is 1. The number of hydrogen-bond acceptors (Lipinski definition) is 7. The molecule has 0 unspecified atom stereocenters. The fourth-order valence-corrected chi connectivity index (χ4v) is 8.02. The SMILES string of the molecule is COc1cc(C(=O)N2C[C@H]3C[C@H](C)[C@@H]2[C@@H]3N)cc2nc(-c3cc4ccc(N(C(F)F)S(C)(=O)=O)nc4n3CC3CC3)c(C)n12. The number of alkyl halides is 2. The highest BCUT2D eigenvalue weighted by atomic mass is 32.2. The monoisotopic (exact) mass is 627 g/mol. The number of carbonyl (C=O) groups is 1. The summed E-state index contributed by atoms with van der Waals surface area (Å²) in [5.41, 5.74) is 9.94. The molecule has 3 aliphatic rings. The number of hydrogen-bond donors (Lipinski definition) is 1. The average Bonchev–Trinajstić information content (AvgIpc) is 3.41. The van der Waals surface area contributed by atoms with Crippen molar-refractivity contribution in [3.05, 3.63) is 41.6 Å². The lowest BCUT2D eigenvalue weighted by Crippen LogP contribution is -2.45. The summed E-state index contributed by atoms with van der Waals surface area (Å²) in [6, 6.07) is 8.25. The summed E-state index contributed by atoms with van der Waals surface area (Å²) in [4.78, 5) is 25.1. The van der Waals surface area contributed by atoms with Crippen LogP contribution in [0, 0.1) is 24.7 Å². The van der Waals surface area contributed by atoms with E-state index in [9.17, 15) is 22.0 Å². The Kier molecular flexibility index (Phi) is 6.66. The van der Waals surface area contributed by atoms with Gasteiger partial charge in [-0.05, 0) is 68.2 Å². The lowest BCUT2D eigenvalue weighted by atomic mass is 9.99. The molecule has 2 aliphatic carbocycles. The van der Waals surface area contributed by atoms with Gasteiger partial charge in [0.25, 0.3) is 5.91 Å². The topological polar surface area (TPSA) is 128 Å². The predicted molar refractivity (Wildman–Crippen MR) is 161 cm³/mol. The standard InChI is InChI=1S/C30H35F2N7O4S/c1-15-9-20-14-37(27(15)25(20)33)29(40)19-11-23-34-26(16(2)38(23)24(12-19)43-3)21-10-18-7-8-22(39(30(31)32)44(4,41)42)35-28(18)36(21)13-17-5-6-17/h7-8,10-12,15,17,20,25,27,30H,5-6,9,13-14,33H2,1-4H3/t15-,20+,25+,27+/m0/s1. The summed E-state index contributed by atoms with van der Waals surface area (Å²) >= 11 is 0. The highest BCUT2D eigenvalue weighted by Crippen LogP contribution is 2.42. The van der Waals surface area contributed by atoms with Gasteiger partial charge >= 0.3 is 6.55 Å². The number of amides is 1. The summed E-state index contributed by atoms with van der Waals surface area (Å²) in [5.74, 6) is 1.03. The fourth-order valence-electron chi connectivity index (χ4n) is 7.29. The van der Waals surface area contributed by atoms with E-state index in [1.165, 1.54) is 6.07 Å². The van der Waals surface area contributed by atoms with Crippen molar-refractivity contribution in [2.24, 2.45) is 23.5 Å². The van der Waals surface area contributed by atoms with Crippen LogP contribution in [-0.2, 0) is 16.6 Å². The minimum Gasteiger partial charge on any atom is -0.482 e. The third kappa shape index (κ3) is 4.52. The molecule has 5 heterocycles. The molecule has 44 heavy (non-hydrogen) atoms. The number of sulfonamides is 1. The van der Waals surface area contributed by atoms with Gasteiger partial charge in [-0.25, -0.2) is 18.4 Å². The number of likely N-dealkylation sites (tertiary alicyclic amines) is 1. The number of imidazole rings is 1. The van der Waals surface area contributed by atoms with Crippen LogP contribution in [-0.4, -0.2) is 76.7 Å². The van der Waals surface area contributed by atoms with Gasteiger partial charge < -0.3 is 19.9 Å². The number of nitrogens with two attached hydrogens (primary N) is 1. The van der Waals surface area contributed by atoms with Gasteiger partial charge in [0.2, 0.25) is 10.0 Å². The van der Waals surface area contributed by atoms with Crippen LogP contribution in [0.5, 0.6) is 5.88 Å². The second-order valence-electron chi connectivity index (χ2n) is 12.5. The van der Waals surface area contributed by atoms with Crippen molar-refractivity contribution in [2.45, 2.75) is 58.3 Å². The molecule has 1 aliphatic heterocycles. The lowest BCUT2D eigenvalue weighted by molar-refractivity contribution is 0.0649. The molecule has 11 nitrogen and oxygen atoms in total. The first-order valence-electron chi connectivity index (χ1n) is 14.8. The van der Waals surface area contributed by atoms with Gasteiger partial charge in [0.05, 0.1) is 24.8 Å². The molecule has 4 aromatic rings. The van der Waals surface area contributed by atoms with E-state index in [1.807, 2.05) is 26.9 Å². The van der Waals surface area contributed by atoms with Crippen molar-refractivity contribution in [2.75, 3.05) is 24.2 Å². The zero-order valence-corrected chi connectivity index (χ0v) is 25.8. The molecule has 3 fully saturated rings. The predicted octanol–water partition coefficient (Wildman–Crippen LogP) is 3.87. The molecular weight excluding hydrogens is 592 g/mol. The summed E-state index contributed by atoms with van der Waals surface area (Å²) in [6.07, 6.45) is 3.81. The van der Waals surface area contributed by atoms with Gasteiger partial charge in [-0.1, -0.05) is 6.92 Å². The lowest BCUT2D eigenvalue weighted by Gasteiger charge is -2.31. The number of anilines is 1. The van der Waals surface area contributed by atoms with E-state index in [0.29, 0.717) is 70.4 Å². The highest BCUT2D eigenvalue weighted by Gasteiger charge is 2.51. The number of pyridine rings is 2. The second kappa shape index (κ2) is 10.1. The maximum atomic E-state index is 13.8. The van der Waals surface area contributed by atoms with E-state index < -0.39 is 16.6 Å². The maximum absolute atomic E-state index is 13.8. The number of piperidine rings is 1. The average molecular weight is 628 g/mol. The Morgan fingerprint density at radius 1 is 1.20 bits per heavy atom. The first-order valence-corrected chi connectivity index (χ1v) is 16.6. The van der Waals surface area contributed by atoms with Crippen molar-refractivity contribution in [3.8, 4) is 17.3 Å². The number of methoxy groups -OCH3 is 1. The Morgan fingerprint density at radius 2 is 1.95 bits per heavy atom. The summed E-state index contributed by atoms with van der Waals surface area (Å²) in [6.45, 7) is 1.98. The molecule has 0 radical (unpaired) electrons. The summed E-state index contributed by atoms with van der Waals surface area (Å²) in [7, 11) is -2.72. The largest absolute Gasteiger partial charge is 0.482 e. The third-order valence-corrected chi connectivity index (χ3v) is 10.6.